The first kappa shape index (κ1) is 18.7. The van der Waals surface area contributed by atoms with E-state index in [0.717, 1.165) is 11.1 Å². The molecule has 0 saturated carbocycles. The number of benzene rings is 2. The number of carbonyl (C=O) groups excluding carboxylic acids is 2. The molecule has 0 N–H and O–H groups in total. The number of ketones is 1. The van der Waals surface area contributed by atoms with E-state index in [-0.39, 0.29) is 18.1 Å². The SMILES string of the molecule is COc1ccc(C(C)=O)cc1CC(=O)N(C)Cc1ccc(C)cc1C. The lowest BCUT2D eigenvalue weighted by molar-refractivity contribution is -0.129. The van der Waals surface area contributed by atoms with Gasteiger partial charge in [0, 0.05) is 24.7 Å². The van der Waals surface area contributed by atoms with E-state index >= 15 is 0 Å². The van der Waals surface area contributed by atoms with Crippen LogP contribution < -0.4 is 4.74 Å². The minimum absolute atomic E-state index is 0.0148. The summed E-state index contributed by atoms with van der Waals surface area (Å²) in [6, 6.07) is 11.4. The maximum absolute atomic E-state index is 12.6. The predicted molar refractivity (Wildman–Crippen MR) is 99.1 cm³/mol. The summed E-state index contributed by atoms with van der Waals surface area (Å²) in [7, 11) is 3.36. The van der Waals surface area contributed by atoms with E-state index in [1.165, 1.54) is 18.1 Å². The van der Waals surface area contributed by atoms with E-state index in [0.29, 0.717) is 17.9 Å². The molecule has 2 rings (SSSR count). The van der Waals surface area contributed by atoms with Crippen molar-refractivity contribution in [2.45, 2.75) is 33.7 Å². The average molecular weight is 339 g/mol. The number of hydrogen-bond donors (Lipinski definition) is 0. The molecule has 0 bridgehead atoms. The number of rotatable bonds is 6. The van der Waals surface area contributed by atoms with Crippen LogP contribution in [0.3, 0.4) is 0 Å². The highest BCUT2D eigenvalue weighted by atomic mass is 16.5. The van der Waals surface area contributed by atoms with Crippen LogP contribution in [0.5, 0.6) is 5.75 Å². The number of hydrogen-bond acceptors (Lipinski definition) is 3. The third-order valence-electron chi connectivity index (χ3n) is 4.36. The lowest BCUT2D eigenvalue weighted by Gasteiger charge is -2.20. The van der Waals surface area contributed by atoms with Crippen molar-refractivity contribution in [3.63, 3.8) is 0 Å². The van der Waals surface area contributed by atoms with Crippen LogP contribution >= 0.6 is 0 Å². The molecule has 0 radical (unpaired) electrons. The first-order chi connectivity index (χ1) is 11.8. The second kappa shape index (κ2) is 7.97. The minimum Gasteiger partial charge on any atom is -0.496 e. The van der Waals surface area contributed by atoms with Crippen LogP contribution in [0, 0.1) is 13.8 Å². The molecule has 0 spiro atoms. The van der Waals surface area contributed by atoms with Gasteiger partial charge in [-0.1, -0.05) is 23.8 Å². The predicted octanol–water partition coefficient (Wildman–Crippen LogP) is 3.72. The Balaban J connectivity index is 2.15. The van der Waals surface area contributed by atoms with Gasteiger partial charge in [-0.05, 0) is 50.1 Å². The van der Waals surface area contributed by atoms with E-state index in [1.807, 2.05) is 0 Å². The van der Waals surface area contributed by atoms with Crippen LogP contribution in [0.15, 0.2) is 36.4 Å². The summed E-state index contributed by atoms with van der Waals surface area (Å²) in [6.45, 7) is 6.18. The van der Waals surface area contributed by atoms with Gasteiger partial charge in [-0.25, -0.2) is 0 Å². The van der Waals surface area contributed by atoms with Crippen LogP contribution in [0.4, 0.5) is 0 Å². The molecule has 0 fully saturated rings. The van der Waals surface area contributed by atoms with Crippen LogP contribution in [0.2, 0.25) is 0 Å². The Morgan fingerprint density at radius 2 is 1.76 bits per heavy atom. The monoisotopic (exact) mass is 339 g/mol. The fraction of sp³-hybridized carbons (Fsp3) is 0.333. The van der Waals surface area contributed by atoms with E-state index in [9.17, 15) is 9.59 Å². The quantitative estimate of drug-likeness (QED) is 0.754. The van der Waals surface area contributed by atoms with Crippen LogP contribution in [-0.4, -0.2) is 30.7 Å². The summed E-state index contributed by atoms with van der Waals surface area (Å²) in [5, 5.41) is 0. The van der Waals surface area contributed by atoms with Gasteiger partial charge in [0.1, 0.15) is 5.75 Å². The normalized spacial score (nSPS) is 10.4. The van der Waals surface area contributed by atoms with Crippen molar-refractivity contribution in [2.75, 3.05) is 14.2 Å². The summed E-state index contributed by atoms with van der Waals surface area (Å²) in [5.41, 5.74) is 4.83. The third kappa shape index (κ3) is 4.69. The molecular weight excluding hydrogens is 314 g/mol. The van der Waals surface area contributed by atoms with E-state index in [4.69, 9.17) is 4.74 Å². The number of nitrogens with zero attached hydrogens (tertiary/aromatic N) is 1. The number of carbonyl (C=O) groups is 2. The number of ether oxygens (including phenoxy) is 1. The molecule has 0 aliphatic rings. The standard InChI is InChI=1S/C21H25NO3/c1-14-6-7-18(15(2)10-14)13-22(4)21(24)12-19-11-17(16(3)23)8-9-20(19)25-5/h6-11H,12-13H2,1-5H3. The molecular formula is C21H25NO3. The highest BCUT2D eigenvalue weighted by molar-refractivity contribution is 5.94. The summed E-state index contributed by atoms with van der Waals surface area (Å²) >= 11 is 0. The average Bonchev–Trinajstić information content (AvgIpc) is 2.57. The largest absolute Gasteiger partial charge is 0.496 e. The Bertz CT molecular complexity index is 796. The van der Waals surface area contributed by atoms with Gasteiger partial charge in [0.05, 0.1) is 13.5 Å². The van der Waals surface area contributed by atoms with Gasteiger partial charge in [-0.3, -0.25) is 9.59 Å². The van der Waals surface area contributed by atoms with Crippen molar-refractivity contribution in [1.29, 1.82) is 0 Å². The summed E-state index contributed by atoms with van der Waals surface area (Å²) in [4.78, 5) is 25.9. The van der Waals surface area contributed by atoms with Gasteiger partial charge in [-0.15, -0.1) is 0 Å². The van der Waals surface area contributed by atoms with E-state index in [1.54, 1.807) is 37.3 Å². The maximum atomic E-state index is 12.6. The Hall–Kier alpha value is -2.62. The molecule has 132 valence electrons. The van der Waals surface area contributed by atoms with Crippen molar-refractivity contribution in [1.82, 2.24) is 4.90 Å². The Morgan fingerprint density at radius 3 is 2.36 bits per heavy atom. The summed E-state index contributed by atoms with van der Waals surface area (Å²) < 4.78 is 5.33. The van der Waals surface area contributed by atoms with E-state index < -0.39 is 0 Å². The second-order valence-electron chi connectivity index (χ2n) is 6.44. The molecule has 2 aromatic carbocycles. The van der Waals surface area contributed by atoms with Crippen LogP contribution in [-0.2, 0) is 17.8 Å². The zero-order valence-corrected chi connectivity index (χ0v) is 15.6. The van der Waals surface area contributed by atoms with Crippen LogP contribution in [0.1, 0.15) is 39.5 Å². The Morgan fingerprint density at radius 1 is 1.04 bits per heavy atom. The fourth-order valence-corrected chi connectivity index (χ4v) is 2.80. The van der Waals surface area contributed by atoms with Crippen molar-refractivity contribution in [3.8, 4) is 5.75 Å². The fourth-order valence-electron chi connectivity index (χ4n) is 2.80. The Labute approximate surface area is 149 Å². The van der Waals surface area contributed by atoms with Crippen molar-refractivity contribution < 1.29 is 14.3 Å². The smallest absolute Gasteiger partial charge is 0.227 e. The number of aryl methyl sites for hydroxylation is 2. The molecule has 0 aliphatic heterocycles. The molecule has 0 unspecified atom stereocenters. The molecule has 0 aliphatic carbocycles. The maximum Gasteiger partial charge on any atom is 0.227 e. The number of Topliss-reactive ketones (excluding diaryl/α,β-unsaturated/α-hetero) is 1. The van der Waals surface area contributed by atoms with Gasteiger partial charge >= 0.3 is 0 Å². The molecule has 1 amide bonds. The molecule has 0 aromatic heterocycles. The Kier molecular flexibility index (Phi) is 5.97. The summed E-state index contributed by atoms with van der Waals surface area (Å²) in [6.07, 6.45) is 0.200. The van der Waals surface area contributed by atoms with Crippen molar-refractivity contribution >= 4 is 11.7 Å². The minimum atomic E-state index is -0.0278. The molecule has 2 aromatic rings. The van der Waals surface area contributed by atoms with Gasteiger partial charge in [-0.2, -0.15) is 0 Å². The number of likely N-dealkylation sites (N-methyl/N-ethyl adjacent to an activating group) is 1. The van der Waals surface area contributed by atoms with Gasteiger partial charge in [0.25, 0.3) is 0 Å². The highest BCUT2D eigenvalue weighted by Crippen LogP contribution is 2.22. The molecule has 0 atom stereocenters. The molecule has 4 nitrogen and oxygen atoms in total. The second-order valence-corrected chi connectivity index (χ2v) is 6.44. The van der Waals surface area contributed by atoms with Crippen molar-refractivity contribution in [3.05, 3.63) is 64.2 Å². The van der Waals surface area contributed by atoms with Crippen LogP contribution in [0.25, 0.3) is 0 Å². The lowest BCUT2D eigenvalue weighted by Crippen LogP contribution is -2.28. The first-order valence-electron chi connectivity index (χ1n) is 8.29. The zero-order valence-electron chi connectivity index (χ0n) is 15.6. The lowest BCUT2D eigenvalue weighted by atomic mass is 10.0. The van der Waals surface area contributed by atoms with E-state index in [2.05, 4.69) is 32.0 Å². The third-order valence-corrected chi connectivity index (χ3v) is 4.36. The molecule has 0 heterocycles. The zero-order chi connectivity index (χ0) is 18.6. The van der Waals surface area contributed by atoms with Crippen molar-refractivity contribution in [2.24, 2.45) is 0 Å². The topological polar surface area (TPSA) is 46.6 Å². The highest BCUT2D eigenvalue weighted by Gasteiger charge is 2.15. The number of amides is 1. The molecule has 0 saturated heterocycles. The van der Waals surface area contributed by atoms with Gasteiger partial charge in [0.15, 0.2) is 5.78 Å². The number of methoxy groups -OCH3 is 1. The first-order valence-corrected chi connectivity index (χ1v) is 8.29. The van der Waals surface area contributed by atoms with Gasteiger partial charge in [0.2, 0.25) is 5.91 Å². The molecule has 25 heavy (non-hydrogen) atoms. The summed E-state index contributed by atoms with van der Waals surface area (Å²) in [5.74, 6) is 0.581. The van der Waals surface area contributed by atoms with Gasteiger partial charge < -0.3 is 9.64 Å². The molecule has 4 heteroatoms.